The summed E-state index contributed by atoms with van der Waals surface area (Å²) in [6.07, 6.45) is 0. The molecule has 1 aromatic heterocycles. The minimum absolute atomic E-state index is 0.222. The van der Waals surface area contributed by atoms with Crippen LogP contribution in [0.1, 0.15) is 18.1 Å². The van der Waals surface area contributed by atoms with E-state index in [0.717, 1.165) is 16.5 Å². The van der Waals surface area contributed by atoms with Crippen molar-refractivity contribution in [3.63, 3.8) is 0 Å². The highest BCUT2D eigenvalue weighted by Crippen LogP contribution is 2.19. The van der Waals surface area contributed by atoms with Gasteiger partial charge in [0.25, 0.3) is 0 Å². The van der Waals surface area contributed by atoms with E-state index in [1.165, 1.54) is 0 Å². The Hall–Kier alpha value is -2.88. The average molecular weight is 291 g/mol. The van der Waals surface area contributed by atoms with Crippen molar-refractivity contribution in [3.8, 4) is 5.75 Å². The summed E-state index contributed by atoms with van der Waals surface area (Å²) in [7, 11) is 0. The van der Waals surface area contributed by atoms with Gasteiger partial charge in [-0.2, -0.15) is 5.10 Å². The number of fused-ring (bicyclic) bond motifs is 1. The van der Waals surface area contributed by atoms with Crippen LogP contribution >= 0.6 is 0 Å². The summed E-state index contributed by atoms with van der Waals surface area (Å²) < 4.78 is 0. The van der Waals surface area contributed by atoms with Crippen LogP contribution < -0.4 is 5.43 Å². The third kappa shape index (κ3) is 2.91. The SMILES string of the molecule is C/C(=N\Nc1ccc2ccccc2n1)c1cc(C)ccc1O. The number of benzene rings is 2. The van der Waals surface area contributed by atoms with E-state index in [4.69, 9.17) is 0 Å². The van der Waals surface area contributed by atoms with Crippen molar-refractivity contribution >= 4 is 22.4 Å². The molecule has 0 unspecified atom stereocenters. The first kappa shape index (κ1) is 14.1. The lowest BCUT2D eigenvalue weighted by Crippen LogP contribution is -2.01. The average Bonchev–Trinajstić information content (AvgIpc) is 2.54. The minimum Gasteiger partial charge on any atom is -0.507 e. The summed E-state index contributed by atoms with van der Waals surface area (Å²) in [5.41, 5.74) is 6.36. The fourth-order valence-electron chi connectivity index (χ4n) is 2.27. The molecule has 4 heteroatoms. The van der Waals surface area contributed by atoms with Crippen LogP contribution in [0, 0.1) is 6.92 Å². The van der Waals surface area contributed by atoms with Crippen LogP contribution in [0.5, 0.6) is 5.75 Å². The van der Waals surface area contributed by atoms with Crippen LogP contribution in [-0.4, -0.2) is 15.8 Å². The van der Waals surface area contributed by atoms with Gasteiger partial charge in [-0.05, 0) is 44.2 Å². The highest BCUT2D eigenvalue weighted by molar-refractivity contribution is 6.01. The highest BCUT2D eigenvalue weighted by atomic mass is 16.3. The largest absolute Gasteiger partial charge is 0.507 e. The monoisotopic (exact) mass is 291 g/mol. The molecular formula is C18H17N3O. The number of pyridine rings is 1. The van der Waals surface area contributed by atoms with Crippen molar-refractivity contribution in [3.05, 3.63) is 65.7 Å². The fraction of sp³-hybridized carbons (Fsp3) is 0.111. The summed E-state index contributed by atoms with van der Waals surface area (Å²) in [6.45, 7) is 3.83. The van der Waals surface area contributed by atoms with Crippen molar-refractivity contribution in [1.29, 1.82) is 0 Å². The zero-order chi connectivity index (χ0) is 15.5. The van der Waals surface area contributed by atoms with E-state index in [1.54, 1.807) is 6.07 Å². The van der Waals surface area contributed by atoms with Crippen molar-refractivity contribution < 1.29 is 5.11 Å². The maximum absolute atomic E-state index is 9.92. The molecule has 0 aliphatic carbocycles. The van der Waals surface area contributed by atoms with E-state index in [1.807, 2.05) is 62.4 Å². The Morgan fingerprint density at radius 1 is 1.09 bits per heavy atom. The molecule has 2 N–H and O–H groups in total. The number of nitrogens with zero attached hydrogens (tertiary/aromatic N) is 2. The number of aromatic nitrogens is 1. The Balaban J connectivity index is 1.86. The number of para-hydroxylation sites is 1. The molecular weight excluding hydrogens is 274 g/mol. The van der Waals surface area contributed by atoms with Gasteiger partial charge in [0.1, 0.15) is 11.6 Å². The summed E-state index contributed by atoms with van der Waals surface area (Å²) >= 11 is 0. The third-order valence-corrected chi connectivity index (χ3v) is 3.48. The van der Waals surface area contributed by atoms with Gasteiger partial charge >= 0.3 is 0 Å². The molecule has 0 amide bonds. The lowest BCUT2D eigenvalue weighted by Gasteiger charge is -2.07. The van der Waals surface area contributed by atoms with Crippen molar-refractivity contribution in [2.75, 3.05) is 5.43 Å². The zero-order valence-corrected chi connectivity index (χ0v) is 12.5. The molecule has 110 valence electrons. The van der Waals surface area contributed by atoms with Crippen LogP contribution in [0.4, 0.5) is 5.82 Å². The quantitative estimate of drug-likeness (QED) is 0.564. The maximum Gasteiger partial charge on any atom is 0.146 e. The van der Waals surface area contributed by atoms with Gasteiger partial charge in [-0.1, -0.05) is 29.8 Å². The molecule has 0 atom stereocenters. The molecule has 0 aliphatic heterocycles. The standard InChI is InChI=1S/C18H17N3O/c1-12-7-9-17(22)15(11-12)13(2)20-21-18-10-8-14-5-3-4-6-16(14)19-18/h3-11,22H,1-2H3,(H,19,21)/b20-13+. The number of rotatable bonds is 3. The van der Waals surface area contributed by atoms with E-state index in [2.05, 4.69) is 15.5 Å². The van der Waals surface area contributed by atoms with E-state index < -0.39 is 0 Å². The third-order valence-electron chi connectivity index (χ3n) is 3.48. The Bertz CT molecular complexity index is 856. The number of phenols is 1. The number of hydrogen-bond donors (Lipinski definition) is 2. The second-order valence-corrected chi connectivity index (χ2v) is 5.22. The molecule has 0 aliphatic rings. The molecule has 0 spiro atoms. The first-order valence-electron chi connectivity index (χ1n) is 7.09. The maximum atomic E-state index is 9.92. The van der Waals surface area contributed by atoms with Gasteiger partial charge in [-0.15, -0.1) is 0 Å². The van der Waals surface area contributed by atoms with Crippen molar-refractivity contribution in [1.82, 2.24) is 4.98 Å². The Labute approximate surface area is 129 Å². The van der Waals surface area contributed by atoms with Gasteiger partial charge in [0.15, 0.2) is 0 Å². The smallest absolute Gasteiger partial charge is 0.146 e. The number of phenolic OH excluding ortho intramolecular Hbond substituents is 1. The van der Waals surface area contributed by atoms with Gasteiger partial charge in [0.05, 0.1) is 11.2 Å². The first-order chi connectivity index (χ1) is 10.6. The summed E-state index contributed by atoms with van der Waals surface area (Å²) in [4.78, 5) is 4.50. The lowest BCUT2D eigenvalue weighted by atomic mass is 10.1. The van der Waals surface area contributed by atoms with Crippen LogP contribution in [0.3, 0.4) is 0 Å². The minimum atomic E-state index is 0.222. The predicted octanol–water partition coefficient (Wildman–Crippen LogP) is 4.08. The molecule has 3 aromatic rings. The van der Waals surface area contributed by atoms with Crippen LogP contribution in [0.25, 0.3) is 10.9 Å². The van der Waals surface area contributed by atoms with E-state index in [0.29, 0.717) is 17.1 Å². The molecule has 1 heterocycles. The second kappa shape index (κ2) is 5.85. The number of hydrogen-bond acceptors (Lipinski definition) is 4. The van der Waals surface area contributed by atoms with E-state index >= 15 is 0 Å². The van der Waals surface area contributed by atoms with E-state index in [-0.39, 0.29) is 5.75 Å². The number of anilines is 1. The van der Waals surface area contributed by atoms with Gasteiger partial charge in [0, 0.05) is 10.9 Å². The number of aromatic hydroxyl groups is 1. The fourth-order valence-corrected chi connectivity index (χ4v) is 2.27. The molecule has 0 fully saturated rings. The number of nitrogens with one attached hydrogen (secondary N) is 1. The zero-order valence-electron chi connectivity index (χ0n) is 12.5. The van der Waals surface area contributed by atoms with Gasteiger partial charge in [0.2, 0.25) is 0 Å². The molecule has 4 nitrogen and oxygen atoms in total. The highest BCUT2D eigenvalue weighted by Gasteiger charge is 2.05. The second-order valence-electron chi connectivity index (χ2n) is 5.22. The van der Waals surface area contributed by atoms with E-state index in [9.17, 15) is 5.11 Å². The van der Waals surface area contributed by atoms with Gasteiger partial charge in [-0.25, -0.2) is 4.98 Å². The van der Waals surface area contributed by atoms with Crippen LogP contribution in [0.15, 0.2) is 59.7 Å². The lowest BCUT2D eigenvalue weighted by molar-refractivity contribution is 0.474. The molecule has 0 bridgehead atoms. The number of hydrazone groups is 1. The van der Waals surface area contributed by atoms with Crippen LogP contribution in [0.2, 0.25) is 0 Å². The van der Waals surface area contributed by atoms with Gasteiger partial charge in [-0.3, -0.25) is 5.43 Å². The normalized spacial score (nSPS) is 11.6. The van der Waals surface area contributed by atoms with Crippen LogP contribution in [-0.2, 0) is 0 Å². The van der Waals surface area contributed by atoms with Gasteiger partial charge < -0.3 is 5.11 Å². The Morgan fingerprint density at radius 3 is 2.77 bits per heavy atom. The molecule has 0 saturated heterocycles. The Morgan fingerprint density at radius 2 is 1.91 bits per heavy atom. The Kier molecular flexibility index (Phi) is 3.74. The number of aryl methyl sites for hydroxylation is 1. The predicted molar refractivity (Wildman–Crippen MR) is 90.4 cm³/mol. The molecule has 22 heavy (non-hydrogen) atoms. The van der Waals surface area contributed by atoms with Crippen molar-refractivity contribution in [2.45, 2.75) is 13.8 Å². The summed E-state index contributed by atoms with van der Waals surface area (Å²) in [5, 5.41) is 15.3. The van der Waals surface area contributed by atoms with Crippen molar-refractivity contribution in [2.24, 2.45) is 5.10 Å². The molecule has 3 rings (SSSR count). The molecule has 2 aromatic carbocycles. The molecule has 0 saturated carbocycles. The molecule has 0 radical (unpaired) electrons. The summed E-state index contributed by atoms with van der Waals surface area (Å²) in [6, 6.07) is 17.3. The topological polar surface area (TPSA) is 57.5 Å². The first-order valence-corrected chi connectivity index (χ1v) is 7.09. The summed E-state index contributed by atoms with van der Waals surface area (Å²) in [5.74, 6) is 0.894.